The predicted molar refractivity (Wildman–Crippen MR) is 69.9 cm³/mol. The number of hydrogen-bond acceptors (Lipinski definition) is 4. The second-order valence-electron chi connectivity index (χ2n) is 3.55. The van der Waals surface area contributed by atoms with Gasteiger partial charge in [0.2, 0.25) is 15.9 Å². The molecule has 0 saturated carbocycles. The molecule has 18 heavy (non-hydrogen) atoms. The Morgan fingerprint density at radius 3 is 2.33 bits per heavy atom. The molecule has 0 aliphatic rings. The summed E-state index contributed by atoms with van der Waals surface area (Å²) < 4.78 is 25.8. The number of rotatable bonds is 6. The number of anilines is 1. The van der Waals surface area contributed by atoms with Gasteiger partial charge in [-0.05, 0) is 31.2 Å². The lowest BCUT2D eigenvalue weighted by Gasteiger charge is -2.07. The molecular formula is C11H17N3O3S. The summed E-state index contributed by atoms with van der Waals surface area (Å²) in [5, 5.41) is 5.41. The molecule has 0 atom stereocenters. The fraction of sp³-hybridized carbons (Fsp3) is 0.364. The lowest BCUT2D eigenvalue weighted by molar-refractivity contribution is -0.119. The summed E-state index contributed by atoms with van der Waals surface area (Å²) in [4.78, 5) is 11.1. The summed E-state index contributed by atoms with van der Waals surface area (Å²) in [5.74, 6) is -0.386. The predicted octanol–water partition coefficient (Wildman–Crippen LogP) is 0.143. The Balaban J connectivity index is 2.75. The van der Waals surface area contributed by atoms with E-state index in [-0.39, 0.29) is 17.3 Å². The second-order valence-corrected chi connectivity index (χ2v) is 5.32. The highest BCUT2D eigenvalue weighted by Crippen LogP contribution is 2.13. The summed E-state index contributed by atoms with van der Waals surface area (Å²) >= 11 is 0. The van der Waals surface area contributed by atoms with Gasteiger partial charge < -0.3 is 10.6 Å². The van der Waals surface area contributed by atoms with Crippen LogP contribution in [0.2, 0.25) is 0 Å². The van der Waals surface area contributed by atoms with E-state index in [0.29, 0.717) is 0 Å². The topological polar surface area (TPSA) is 87.3 Å². The van der Waals surface area contributed by atoms with E-state index in [1.54, 1.807) is 12.1 Å². The SMILES string of the molecule is CCNc1ccc(S(=O)(=O)NCC(=O)NC)cc1. The van der Waals surface area contributed by atoms with Gasteiger partial charge in [0.15, 0.2) is 0 Å². The van der Waals surface area contributed by atoms with E-state index in [0.717, 1.165) is 12.2 Å². The molecule has 0 bridgehead atoms. The molecule has 100 valence electrons. The van der Waals surface area contributed by atoms with Gasteiger partial charge in [0.05, 0.1) is 11.4 Å². The van der Waals surface area contributed by atoms with Crippen molar-refractivity contribution < 1.29 is 13.2 Å². The molecule has 3 N–H and O–H groups in total. The first-order valence-corrected chi connectivity index (χ1v) is 7.02. The maximum Gasteiger partial charge on any atom is 0.241 e. The molecule has 1 rings (SSSR count). The summed E-state index contributed by atoms with van der Waals surface area (Å²) in [6.45, 7) is 2.45. The van der Waals surface area contributed by atoms with E-state index in [1.165, 1.54) is 19.2 Å². The zero-order valence-electron chi connectivity index (χ0n) is 10.4. The zero-order valence-corrected chi connectivity index (χ0v) is 11.2. The third-order valence-electron chi connectivity index (χ3n) is 2.25. The molecule has 0 saturated heterocycles. The minimum atomic E-state index is -3.64. The molecule has 0 heterocycles. The summed E-state index contributed by atoms with van der Waals surface area (Å²) in [6, 6.07) is 6.34. The average Bonchev–Trinajstić information content (AvgIpc) is 2.37. The summed E-state index contributed by atoms with van der Waals surface area (Å²) in [7, 11) is -2.19. The number of hydrogen-bond donors (Lipinski definition) is 3. The Kier molecular flexibility index (Phi) is 5.11. The van der Waals surface area contributed by atoms with E-state index < -0.39 is 10.0 Å². The van der Waals surface area contributed by atoms with E-state index >= 15 is 0 Å². The van der Waals surface area contributed by atoms with E-state index in [4.69, 9.17) is 0 Å². The lowest BCUT2D eigenvalue weighted by Crippen LogP contribution is -2.35. The fourth-order valence-electron chi connectivity index (χ4n) is 1.29. The maximum absolute atomic E-state index is 11.8. The summed E-state index contributed by atoms with van der Waals surface area (Å²) in [6.07, 6.45) is 0. The average molecular weight is 271 g/mol. The molecule has 1 aromatic rings. The zero-order chi connectivity index (χ0) is 13.6. The Hall–Kier alpha value is -1.60. The molecule has 0 radical (unpaired) electrons. The lowest BCUT2D eigenvalue weighted by atomic mass is 10.3. The minimum absolute atomic E-state index is 0.132. The van der Waals surface area contributed by atoms with Crippen LogP contribution in [-0.4, -0.2) is 34.5 Å². The van der Waals surface area contributed by atoms with Crippen LogP contribution in [0.25, 0.3) is 0 Å². The third kappa shape index (κ3) is 4.01. The van der Waals surface area contributed by atoms with Crippen LogP contribution in [-0.2, 0) is 14.8 Å². The van der Waals surface area contributed by atoms with Crippen LogP contribution in [0.4, 0.5) is 5.69 Å². The van der Waals surface area contributed by atoms with Crippen LogP contribution < -0.4 is 15.4 Å². The molecule has 0 aromatic heterocycles. The summed E-state index contributed by atoms with van der Waals surface area (Å²) in [5.41, 5.74) is 0.850. The number of likely N-dealkylation sites (N-methyl/N-ethyl adjacent to an activating group) is 1. The molecule has 1 aromatic carbocycles. The smallest absolute Gasteiger partial charge is 0.241 e. The number of sulfonamides is 1. The van der Waals surface area contributed by atoms with Gasteiger partial charge in [-0.25, -0.2) is 13.1 Å². The van der Waals surface area contributed by atoms with Gasteiger partial charge in [-0.1, -0.05) is 0 Å². The van der Waals surface area contributed by atoms with Crippen molar-refractivity contribution in [3.8, 4) is 0 Å². The molecule has 0 unspecified atom stereocenters. The van der Waals surface area contributed by atoms with Gasteiger partial charge in [0, 0.05) is 19.3 Å². The van der Waals surface area contributed by atoms with Gasteiger partial charge in [0.1, 0.15) is 0 Å². The van der Waals surface area contributed by atoms with Gasteiger partial charge in [-0.3, -0.25) is 4.79 Å². The Morgan fingerprint density at radius 1 is 1.22 bits per heavy atom. The van der Waals surface area contributed by atoms with Crippen LogP contribution in [0.15, 0.2) is 29.2 Å². The number of amides is 1. The monoisotopic (exact) mass is 271 g/mol. The number of benzene rings is 1. The first-order chi connectivity index (χ1) is 8.49. The molecule has 0 spiro atoms. The van der Waals surface area contributed by atoms with E-state index in [2.05, 4.69) is 15.4 Å². The van der Waals surface area contributed by atoms with Crippen molar-refractivity contribution in [2.75, 3.05) is 25.5 Å². The van der Waals surface area contributed by atoms with E-state index in [1.807, 2.05) is 6.92 Å². The quantitative estimate of drug-likeness (QED) is 0.687. The second kappa shape index (κ2) is 6.36. The number of carbonyl (C=O) groups is 1. The van der Waals surface area contributed by atoms with Crippen molar-refractivity contribution in [2.45, 2.75) is 11.8 Å². The first kappa shape index (κ1) is 14.5. The van der Waals surface area contributed by atoms with Crippen molar-refractivity contribution >= 4 is 21.6 Å². The standard InChI is InChI=1S/C11H17N3O3S/c1-3-13-9-4-6-10(7-5-9)18(16,17)14-8-11(15)12-2/h4-7,13-14H,3,8H2,1-2H3,(H,12,15). The molecule has 0 fully saturated rings. The first-order valence-electron chi connectivity index (χ1n) is 5.53. The van der Waals surface area contributed by atoms with Crippen LogP contribution in [0.1, 0.15) is 6.92 Å². The van der Waals surface area contributed by atoms with Gasteiger partial charge in [0.25, 0.3) is 0 Å². The normalized spacial score (nSPS) is 11.0. The molecule has 0 aliphatic carbocycles. The Bertz CT molecular complexity index is 497. The van der Waals surface area contributed by atoms with Gasteiger partial charge in [-0.15, -0.1) is 0 Å². The molecule has 1 amide bonds. The largest absolute Gasteiger partial charge is 0.385 e. The van der Waals surface area contributed by atoms with Crippen molar-refractivity contribution in [3.05, 3.63) is 24.3 Å². The number of nitrogens with one attached hydrogen (secondary N) is 3. The van der Waals surface area contributed by atoms with Crippen molar-refractivity contribution in [1.29, 1.82) is 0 Å². The highest BCUT2D eigenvalue weighted by atomic mass is 32.2. The van der Waals surface area contributed by atoms with Crippen molar-refractivity contribution in [3.63, 3.8) is 0 Å². The minimum Gasteiger partial charge on any atom is -0.385 e. The highest BCUT2D eigenvalue weighted by molar-refractivity contribution is 7.89. The third-order valence-corrected chi connectivity index (χ3v) is 3.66. The van der Waals surface area contributed by atoms with Crippen LogP contribution >= 0.6 is 0 Å². The Morgan fingerprint density at radius 2 is 1.83 bits per heavy atom. The fourth-order valence-corrected chi connectivity index (χ4v) is 2.27. The molecule has 7 heteroatoms. The van der Waals surface area contributed by atoms with E-state index in [9.17, 15) is 13.2 Å². The highest BCUT2D eigenvalue weighted by Gasteiger charge is 2.14. The van der Waals surface area contributed by atoms with Gasteiger partial charge >= 0.3 is 0 Å². The molecule has 6 nitrogen and oxygen atoms in total. The van der Waals surface area contributed by atoms with Gasteiger partial charge in [-0.2, -0.15) is 0 Å². The van der Waals surface area contributed by atoms with Crippen molar-refractivity contribution in [1.82, 2.24) is 10.0 Å². The van der Waals surface area contributed by atoms with Crippen LogP contribution in [0, 0.1) is 0 Å². The molecule has 0 aliphatic heterocycles. The number of carbonyl (C=O) groups excluding carboxylic acids is 1. The Labute approximate surface area is 107 Å². The maximum atomic E-state index is 11.8. The van der Waals surface area contributed by atoms with Crippen LogP contribution in [0.5, 0.6) is 0 Å². The van der Waals surface area contributed by atoms with Crippen LogP contribution in [0.3, 0.4) is 0 Å². The molecular weight excluding hydrogens is 254 g/mol. The van der Waals surface area contributed by atoms with Crippen molar-refractivity contribution in [2.24, 2.45) is 0 Å².